The Morgan fingerprint density at radius 2 is 1.43 bits per heavy atom. The number of rotatable bonds is 10. The molecule has 1 aromatic carbocycles. The van der Waals surface area contributed by atoms with Gasteiger partial charge in [0.2, 0.25) is 29.5 Å². The summed E-state index contributed by atoms with van der Waals surface area (Å²) >= 11 is 0. The number of benzene rings is 1. The molecular weight excluding hydrogens is 722 g/mol. The minimum absolute atomic E-state index is 0.0126. The zero-order chi connectivity index (χ0) is 42.3. The first-order chi connectivity index (χ1) is 26.4. The van der Waals surface area contributed by atoms with E-state index in [-0.39, 0.29) is 24.9 Å². The van der Waals surface area contributed by atoms with Crippen molar-refractivity contribution in [3.05, 3.63) is 59.7 Å². The molecule has 1 aliphatic heterocycles. The Hall–Kier alpha value is -5.05. The highest BCUT2D eigenvalue weighted by Crippen LogP contribution is 2.19. The van der Waals surface area contributed by atoms with Crippen LogP contribution >= 0.6 is 0 Å². The van der Waals surface area contributed by atoms with Gasteiger partial charge in [0.25, 0.3) is 0 Å². The van der Waals surface area contributed by atoms with Crippen LogP contribution in [-0.4, -0.2) is 111 Å². The lowest BCUT2D eigenvalue weighted by Gasteiger charge is -2.30. The Morgan fingerprint density at radius 1 is 0.821 bits per heavy atom. The Morgan fingerprint density at radius 3 is 2.00 bits per heavy atom. The molecule has 1 aliphatic rings. The van der Waals surface area contributed by atoms with E-state index >= 15 is 0 Å². The van der Waals surface area contributed by atoms with Crippen LogP contribution in [0, 0.1) is 23.7 Å². The molecule has 2 rings (SSSR count). The molecule has 9 atom stereocenters. The van der Waals surface area contributed by atoms with E-state index in [4.69, 9.17) is 14.2 Å². The normalized spacial score (nSPS) is 26.5. The van der Waals surface area contributed by atoms with Gasteiger partial charge in [-0.3, -0.25) is 24.0 Å². The second kappa shape index (κ2) is 22.5. The van der Waals surface area contributed by atoms with Gasteiger partial charge in [-0.05, 0) is 38.2 Å². The van der Waals surface area contributed by atoms with Crippen molar-refractivity contribution in [2.24, 2.45) is 23.7 Å². The van der Waals surface area contributed by atoms with E-state index in [0.29, 0.717) is 6.42 Å². The van der Waals surface area contributed by atoms with Crippen LogP contribution < -0.4 is 21.3 Å². The Bertz CT molecular complexity index is 1600. The highest BCUT2D eigenvalue weighted by atomic mass is 16.5. The molecule has 1 aromatic rings. The van der Waals surface area contributed by atoms with Gasteiger partial charge in [0.05, 0.1) is 38.2 Å². The van der Waals surface area contributed by atoms with Crippen molar-refractivity contribution in [3.8, 4) is 0 Å². The molecule has 0 spiro atoms. The lowest BCUT2D eigenvalue weighted by molar-refractivity contribution is -0.150. The van der Waals surface area contributed by atoms with Crippen molar-refractivity contribution in [2.45, 2.75) is 104 Å². The number of nitrogens with zero attached hydrogens (tertiary/aromatic N) is 1. The smallest absolute Gasteiger partial charge is 0.329 e. The number of methoxy groups -OCH3 is 3. The third-order valence-corrected chi connectivity index (χ3v) is 10.2. The van der Waals surface area contributed by atoms with Crippen LogP contribution in [0.1, 0.15) is 66.9 Å². The quantitative estimate of drug-likeness (QED) is 0.202. The standard InChI is InChI=1S/C41H61N5O10/c1-23(2)34-39(51)42-30(18-17-24(3)21-25(4)32(54-9)22-29-15-13-12-14-16-29)26(5)36(48)43-31(40(52)55-10)19-20-33(47)46(8)28(7)38(50)45-35(41(53)56-11)27(6)37(49)44-34/h12-18,21,23,25-28,30-32,34-35H,19-20,22H2,1-11H3,(H,42,51)(H,43,48)(H,44,49)(H,45,50)/b18-17+,24-21+/t25-,26-,27-,28-,30-,31+,32-,34-,35+/m0/s1. The zero-order valence-corrected chi connectivity index (χ0v) is 34.5. The van der Waals surface area contributed by atoms with Gasteiger partial charge in [0.1, 0.15) is 24.2 Å². The van der Waals surface area contributed by atoms with Crippen molar-refractivity contribution in [1.82, 2.24) is 26.2 Å². The fourth-order valence-corrected chi connectivity index (χ4v) is 6.21. The topological polar surface area (TPSA) is 199 Å². The van der Waals surface area contributed by atoms with Crippen LogP contribution in [0.2, 0.25) is 0 Å². The highest BCUT2D eigenvalue weighted by Gasteiger charge is 2.38. The maximum absolute atomic E-state index is 14.0. The maximum atomic E-state index is 14.0. The lowest BCUT2D eigenvalue weighted by atomic mass is 9.94. The molecule has 0 aromatic heterocycles. The molecule has 5 amide bonds. The van der Waals surface area contributed by atoms with Crippen molar-refractivity contribution in [2.75, 3.05) is 28.4 Å². The van der Waals surface area contributed by atoms with E-state index in [2.05, 4.69) is 21.3 Å². The van der Waals surface area contributed by atoms with E-state index in [9.17, 15) is 33.6 Å². The van der Waals surface area contributed by atoms with Gasteiger partial charge < -0.3 is 40.4 Å². The minimum Gasteiger partial charge on any atom is -0.467 e. The molecule has 15 nitrogen and oxygen atoms in total. The number of hydrogen-bond donors (Lipinski definition) is 4. The summed E-state index contributed by atoms with van der Waals surface area (Å²) in [6.07, 6.45) is 5.62. The van der Waals surface area contributed by atoms with Gasteiger partial charge in [-0.2, -0.15) is 0 Å². The molecule has 15 heteroatoms. The summed E-state index contributed by atoms with van der Waals surface area (Å²) in [4.78, 5) is 94.8. The van der Waals surface area contributed by atoms with Crippen LogP contribution in [0.15, 0.2) is 54.1 Å². The molecule has 310 valence electrons. The number of hydrogen-bond acceptors (Lipinski definition) is 10. The van der Waals surface area contributed by atoms with Crippen LogP contribution in [0.5, 0.6) is 0 Å². The number of allylic oxidation sites excluding steroid dienone is 2. The SMILES string of the molecule is COC(=O)[C@H]1CCC(=O)N(C)[C@@H](C)C(=O)N[C@@H](C(=O)OC)[C@H](C)C(=O)N[C@@H](C(C)C)C(=O)N[C@@H](/C=C/C(C)=C/[C@H](C)[C@H](Cc2ccccc2)OC)[C@H](C)C(=O)N1. The number of ether oxygens (including phenoxy) is 3. The average molecular weight is 784 g/mol. The lowest BCUT2D eigenvalue weighted by Crippen LogP contribution is -2.58. The third-order valence-electron chi connectivity index (χ3n) is 10.2. The number of nitrogens with one attached hydrogen (secondary N) is 4. The van der Waals surface area contributed by atoms with Gasteiger partial charge in [-0.15, -0.1) is 0 Å². The predicted octanol–water partition coefficient (Wildman–Crippen LogP) is 2.24. The van der Waals surface area contributed by atoms with Gasteiger partial charge >= 0.3 is 11.9 Å². The Labute approximate surface area is 330 Å². The number of likely N-dealkylation sites (N-methyl/N-ethyl adjacent to an activating group) is 1. The first kappa shape index (κ1) is 47.1. The number of esters is 2. The predicted molar refractivity (Wildman–Crippen MR) is 209 cm³/mol. The molecule has 0 saturated carbocycles. The molecule has 0 aliphatic carbocycles. The first-order valence-corrected chi connectivity index (χ1v) is 18.9. The Kier molecular flexibility index (Phi) is 18.9. The van der Waals surface area contributed by atoms with Crippen LogP contribution in [0.25, 0.3) is 0 Å². The minimum atomic E-state index is -1.46. The van der Waals surface area contributed by atoms with Gasteiger partial charge in [-0.1, -0.05) is 88.8 Å². The number of carbonyl (C=O) groups is 7. The van der Waals surface area contributed by atoms with Gasteiger partial charge in [-0.25, -0.2) is 9.59 Å². The summed E-state index contributed by atoms with van der Waals surface area (Å²) in [5.41, 5.74) is 1.96. The molecule has 1 fully saturated rings. The summed E-state index contributed by atoms with van der Waals surface area (Å²) in [5.74, 6) is -7.57. The van der Waals surface area contributed by atoms with E-state index < -0.39 is 89.4 Å². The molecule has 1 saturated heterocycles. The number of carbonyl (C=O) groups excluding carboxylic acids is 7. The molecule has 0 radical (unpaired) electrons. The van der Waals surface area contributed by atoms with Gasteiger partial charge in [0.15, 0.2) is 0 Å². The second-order valence-corrected chi connectivity index (χ2v) is 14.7. The zero-order valence-electron chi connectivity index (χ0n) is 34.5. The molecule has 56 heavy (non-hydrogen) atoms. The summed E-state index contributed by atoms with van der Waals surface area (Å²) in [6, 6.07) is 4.10. The summed E-state index contributed by atoms with van der Waals surface area (Å²) in [7, 11) is 5.30. The van der Waals surface area contributed by atoms with Crippen molar-refractivity contribution in [3.63, 3.8) is 0 Å². The van der Waals surface area contributed by atoms with Crippen molar-refractivity contribution >= 4 is 41.5 Å². The largest absolute Gasteiger partial charge is 0.467 e. The summed E-state index contributed by atoms with van der Waals surface area (Å²) < 4.78 is 15.6. The van der Waals surface area contributed by atoms with E-state index in [1.54, 1.807) is 40.0 Å². The Balaban J connectivity index is 2.58. The molecule has 4 N–H and O–H groups in total. The first-order valence-electron chi connectivity index (χ1n) is 18.9. The van der Waals surface area contributed by atoms with Crippen LogP contribution in [0.4, 0.5) is 0 Å². The van der Waals surface area contributed by atoms with Crippen molar-refractivity contribution in [1.29, 1.82) is 0 Å². The van der Waals surface area contributed by atoms with Crippen molar-refractivity contribution < 1.29 is 47.8 Å². The molecule has 1 heterocycles. The second-order valence-electron chi connectivity index (χ2n) is 14.7. The van der Waals surface area contributed by atoms with E-state index in [1.165, 1.54) is 20.9 Å². The van der Waals surface area contributed by atoms with Gasteiger partial charge in [0, 0.05) is 26.5 Å². The molecule has 0 unspecified atom stereocenters. The monoisotopic (exact) mass is 783 g/mol. The highest BCUT2D eigenvalue weighted by molar-refractivity contribution is 5.95. The van der Waals surface area contributed by atoms with E-state index in [1.807, 2.05) is 50.3 Å². The average Bonchev–Trinajstić information content (AvgIpc) is 3.18. The molecular formula is C41H61N5O10. The molecule has 0 bridgehead atoms. The van der Waals surface area contributed by atoms with Crippen LogP contribution in [-0.2, 0) is 54.2 Å². The van der Waals surface area contributed by atoms with E-state index in [0.717, 1.165) is 30.3 Å². The maximum Gasteiger partial charge on any atom is 0.329 e. The van der Waals surface area contributed by atoms with Crippen LogP contribution in [0.3, 0.4) is 0 Å². The third kappa shape index (κ3) is 13.6. The summed E-state index contributed by atoms with van der Waals surface area (Å²) in [5, 5.41) is 10.8. The summed E-state index contributed by atoms with van der Waals surface area (Å²) in [6.45, 7) is 11.8. The fraction of sp³-hybridized carbons (Fsp3) is 0.585. The fourth-order valence-electron chi connectivity index (χ4n) is 6.21. The number of amides is 5.